The summed E-state index contributed by atoms with van der Waals surface area (Å²) in [5.41, 5.74) is 2.76. The third-order valence-electron chi connectivity index (χ3n) is 7.07. The molecule has 0 unspecified atom stereocenters. The highest BCUT2D eigenvalue weighted by Crippen LogP contribution is 2.40. The van der Waals surface area contributed by atoms with Crippen molar-refractivity contribution >= 4 is 5.91 Å². The third-order valence-corrected chi connectivity index (χ3v) is 7.07. The molecule has 1 aromatic heterocycles. The second-order valence-corrected chi connectivity index (χ2v) is 9.24. The first-order valence-corrected chi connectivity index (χ1v) is 11.3. The van der Waals surface area contributed by atoms with E-state index < -0.39 is 0 Å². The molecule has 1 saturated carbocycles. The van der Waals surface area contributed by atoms with Gasteiger partial charge in [0.2, 0.25) is 5.91 Å². The van der Waals surface area contributed by atoms with E-state index in [1.807, 2.05) is 23.1 Å². The number of rotatable bonds is 5. The number of hydrogen-bond acceptors (Lipinski definition) is 5. The lowest BCUT2D eigenvalue weighted by molar-refractivity contribution is -0.131. The Kier molecular flexibility index (Phi) is 5.30. The van der Waals surface area contributed by atoms with Crippen molar-refractivity contribution in [3.63, 3.8) is 0 Å². The van der Waals surface area contributed by atoms with Gasteiger partial charge in [0.25, 0.3) is 5.56 Å². The summed E-state index contributed by atoms with van der Waals surface area (Å²) in [7, 11) is 1.68. The second kappa shape index (κ2) is 8.11. The third kappa shape index (κ3) is 3.99. The van der Waals surface area contributed by atoms with E-state index in [0.717, 1.165) is 67.3 Å². The lowest BCUT2D eigenvalue weighted by Gasteiger charge is -2.28. The van der Waals surface area contributed by atoms with Crippen LogP contribution in [0, 0.1) is 11.8 Å². The second-order valence-electron chi connectivity index (χ2n) is 9.24. The summed E-state index contributed by atoms with van der Waals surface area (Å²) in [6.07, 6.45) is 2.64. The number of likely N-dealkylation sites (tertiary alicyclic amines) is 1. The first-order valence-electron chi connectivity index (χ1n) is 11.3. The van der Waals surface area contributed by atoms with Crippen molar-refractivity contribution in [2.24, 2.45) is 11.8 Å². The number of aromatic amines is 1. The maximum Gasteiger partial charge on any atom is 0.255 e. The van der Waals surface area contributed by atoms with E-state index in [-0.39, 0.29) is 23.3 Å². The van der Waals surface area contributed by atoms with Crippen LogP contribution in [-0.4, -0.2) is 52.4 Å². The van der Waals surface area contributed by atoms with Crippen LogP contribution in [-0.2, 0) is 24.3 Å². The largest absolute Gasteiger partial charge is 0.496 e. The number of nitrogens with one attached hydrogen (secondary N) is 1. The SMILES string of the molecule is COc1ccccc1CN1CCc2nc([C@H]3CCN(C(=O)[C@H]4C[C@H]4C)C3)[nH]c(=O)c2C1. The lowest BCUT2D eigenvalue weighted by atomic mass is 10.0. The predicted molar refractivity (Wildman–Crippen MR) is 117 cm³/mol. The number of benzene rings is 1. The first kappa shape index (κ1) is 20.2. The van der Waals surface area contributed by atoms with Crippen LogP contribution in [0.15, 0.2) is 29.1 Å². The zero-order valence-electron chi connectivity index (χ0n) is 18.3. The number of amides is 1. The molecule has 0 bridgehead atoms. The van der Waals surface area contributed by atoms with Crippen LogP contribution in [0.2, 0.25) is 0 Å². The first-order chi connectivity index (χ1) is 15.0. The molecule has 3 atom stereocenters. The fraction of sp³-hybridized carbons (Fsp3) is 0.542. The maximum atomic E-state index is 12.9. The van der Waals surface area contributed by atoms with Crippen LogP contribution in [0.3, 0.4) is 0 Å². The van der Waals surface area contributed by atoms with Crippen LogP contribution in [0.5, 0.6) is 5.75 Å². The van der Waals surface area contributed by atoms with Crippen molar-refractivity contribution in [3.8, 4) is 5.75 Å². The van der Waals surface area contributed by atoms with Gasteiger partial charge in [-0.1, -0.05) is 25.1 Å². The molecule has 2 fully saturated rings. The molecular formula is C24H30N4O3. The molecule has 3 heterocycles. The van der Waals surface area contributed by atoms with Gasteiger partial charge in [0.15, 0.2) is 0 Å². The fourth-order valence-corrected chi connectivity index (χ4v) is 4.99. The molecule has 0 spiro atoms. The van der Waals surface area contributed by atoms with Crippen LogP contribution >= 0.6 is 0 Å². The minimum absolute atomic E-state index is 0.0367. The van der Waals surface area contributed by atoms with Gasteiger partial charge >= 0.3 is 0 Å². The number of ether oxygens (including phenoxy) is 1. The maximum absolute atomic E-state index is 12.9. The standard InChI is InChI=1S/C24H30N4O3/c1-15-11-18(15)24(30)28-10-7-17(13-28)22-25-20-8-9-27(14-19(20)23(29)26-22)12-16-5-3-4-6-21(16)31-2/h3-6,15,17-18H,7-14H2,1-2H3,(H,25,26,29)/t15-,17+,18+/m1/s1. The molecule has 5 rings (SSSR count). The molecule has 2 aliphatic heterocycles. The number of carbonyl (C=O) groups excluding carboxylic acids is 1. The number of nitrogens with zero attached hydrogens (tertiary/aromatic N) is 3. The number of hydrogen-bond donors (Lipinski definition) is 1. The number of carbonyl (C=O) groups is 1. The van der Waals surface area contributed by atoms with Gasteiger partial charge in [0.05, 0.1) is 18.4 Å². The summed E-state index contributed by atoms with van der Waals surface area (Å²) in [6, 6.07) is 8.01. The fourth-order valence-electron chi connectivity index (χ4n) is 4.99. The summed E-state index contributed by atoms with van der Waals surface area (Å²) in [6.45, 7) is 5.75. The van der Waals surface area contributed by atoms with Crippen LogP contribution in [0.1, 0.15) is 48.3 Å². The Morgan fingerprint density at radius 3 is 2.87 bits per heavy atom. The number of fused-ring (bicyclic) bond motifs is 1. The minimum Gasteiger partial charge on any atom is -0.496 e. The van der Waals surface area contributed by atoms with Crippen molar-refractivity contribution < 1.29 is 9.53 Å². The van der Waals surface area contributed by atoms with E-state index in [0.29, 0.717) is 19.0 Å². The average Bonchev–Trinajstić information content (AvgIpc) is 3.31. The van der Waals surface area contributed by atoms with E-state index in [2.05, 4.69) is 22.9 Å². The van der Waals surface area contributed by atoms with Crippen LogP contribution in [0.25, 0.3) is 0 Å². The average molecular weight is 423 g/mol. The summed E-state index contributed by atoms with van der Waals surface area (Å²) in [5.74, 6) is 2.76. The van der Waals surface area contributed by atoms with Gasteiger partial charge in [-0.2, -0.15) is 0 Å². The molecule has 7 nitrogen and oxygen atoms in total. The summed E-state index contributed by atoms with van der Waals surface area (Å²) >= 11 is 0. The van der Waals surface area contributed by atoms with Gasteiger partial charge in [-0.05, 0) is 24.8 Å². The molecule has 3 aliphatic rings. The Morgan fingerprint density at radius 1 is 1.29 bits per heavy atom. The molecule has 1 aliphatic carbocycles. The number of H-pyrrole nitrogens is 1. The highest BCUT2D eigenvalue weighted by molar-refractivity contribution is 5.81. The zero-order valence-corrected chi connectivity index (χ0v) is 18.3. The van der Waals surface area contributed by atoms with Gasteiger partial charge < -0.3 is 14.6 Å². The highest BCUT2D eigenvalue weighted by atomic mass is 16.5. The molecule has 2 aromatic rings. The van der Waals surface area contributed by atoms with Crippen LogP contribution < -0.4 is 10.3 Å². The molecule has 1 N–H and O–H groups in total. The van der Waals surface area contributed by atoms with Gasteiger partial charge in [0, 0.05) is 56.5 Å². The van der Waals surface area contributed by atoms with Crippen molar-refractivity contribution in [2.45, 2.75) is 45.2 Å². The van der Waals surface area contributed by atoms with Gasteiger partial charge in [-0.25, -0.2) is 4.98 Å². The Balaban J connectivity index is 1.28. The van der Waals surface area contributed by atoms with Crippen molar-refractivity contribution in [2.75, 3.05) is 26.7 Å². The normalized spacial score (nSPS) is 25.4. The summed E-state index contributed by atoms with van der Waals surface area (Å²) < 4.78 is 5.47. The number of para-hydroxylation sites is 1. The van der Waals surface area contributed by atoms with Crippen LogP contribution in [0.4, 0.5) is 0 Å². The molecule has 7 heteroatoms. The Hall–Kier alpha value is -2.67. The van der Waals surface area contributed by atoms with Gasteiger partial charge in [-0.15, -0.1) is 0 Å². The Labute approximate surface area is 182 Å². The summed E-state index contributed by atoms with van der Waals surface area (Å²) in [4.78, 5) is 37.6. The Bertz CT molecular complexity index is 1050. The molecule has 1 saturated heterocycles. The smallest absolute Gasteiger partial charge is 0.255 e. The van der Waals surface area contributed by atoms with E-state index in [9.17, 15) is 9.59 Å². The lowest BCUT2D eigenvalue weighted by Crippen LogP contribution is -2.36. The number of methoxy groups -OCH3 is 1. The quantitative estimate of drug-likeness (QED) is 0.800. The predicted octanol–water partition coefficient (Wildman–Crippen LogP) is 2.31. The van der Waals surface area contributed by atoms with Gasteiger partial charge in [-0.3, -0.25) is 14.5 Å². The summed E-state index contributed by atoms with van der Waals surface area (Å²) in [5, 5.41) is 0. The van der Waals surface area contributed by atoms with E-state index >= 15 is 0 Å². The number of aromatic nitrogens is 2. The molecule has 0 radical (unpaired) electrons. The van der Waals surface area contributed by atoms with Crippen molar-refractivity contribution in [1.82, 2.24) is 19.8 Å². The molecular weight excluding hydrogens is 392 g/mol. The molecule has 164 valence electrons. The molecule has 31 heavy (non-hydrogen) atoms. The van der Waals surface area contributed by atoms with Crippen molar-refractivity contribution in [1.29, 1.82) is 0 Å². The van der Waals surface area contributed by atoms with E-state index in [4.69, 9.17) is 9.72 Å². The molecule has 1 amide bonds. The topological polar surface area (TPSA) is 78.5 Å². The van der Waals surface area contributed by atoms with E-state index in [1.54, 1.807) is 7.11 Å². The zero-order chi connectivity index (χ0) is 21.5. The highest BCUT2D eigenvalue weighted by Gasteiger charge is 2.43. The minimum atomic E-state index is -0.0367. The molecule has 1 aromatic carbocycles. The van der Waals surface area contributed by atoms with Gasteiger partial charge in [0.1, 0.15) is 11.6 Å². The Morgan fingerprint density at radius 2 is 2.10 bits per heavy atom. The van der Waals surface area contributed by atoms with Crippen molar-refractivity contribution in [3.05, 3.63) is 57.3 Å². The van der Waals surface area contributed by atoms with E-state index in [1.165, 1.54) is 0 Å². The monoisotopic (exact) mass is 422 g/mol.